The summed E-state index contributed by atoms with van der Waals surface area (Å²) in [6.07, 6.45) is 16.4. The molecule has 0 aromatic carbocycles. The van der Waals surface area contributed by atoms with Gasteiger partial charge in [0.05, 0.1) is 49.3 Å². The summed E-state index contributed by atoms with van der Waals surface area (Å²) >= 11 is 0. The van der Waals surface area contributed by atoms with E-state index < -0.39 is 90.8 Å². The van der Waals surface area contributed by atoms with Crippen LogP contribution < -0.4 is 0 Å². The van der Waals surface area contributed by atoms with Crippen LogP contribution in [0.5, 0.6) is 0 Å². The topological polar surface area (TPSA) is 187 Å². The molecule has 414 valence electrons. The number of hydrogen-bond donors (Lipinski definition) is 3. The molecule has 15 heteroatoms. The number of ether oxygens (including phenoxy) is 10. The average molecular weight is 1040 g/mol. The van der Waals surface area contributed by atoms with Crippen molar-refractivity contribution in [1.82, 2.24) is 0 Å². The Morgan fingerprint density at radius 3 is 2.26 bits per heavy atom. The summed E-state index contributed by atoms with van der Waals surface area (Å²) in [7, 11) is 3.22. The molecule has 4 fully saturated rings. The molecule has 74 heavy (non-hydrogen) atoms. The molecular formula is C59H88O15. The van der Waals surface area contributed by atoms with Gasteiger partial charge >= 0.3 is 5.97 Å². The number of Topliss-reactive ketones (excluding diaryl/α,β-unsaturated/α-hetero) is 1. The fraction of sp³-hybridized carbons (Fsp3) is 0.729. The van der Waals surface area contributed by atoms with E-state index in [9.17, 15) is 24.9 Å². The van der Waals surface area contributed by atoms with Gasteiger partial charge in [0.15, 0.2) is 24.2 Å². The second kappa shape index (κ2) is 25.5. The Kier molecular flexibility index (Phi) is 20.2. The normalized spacial score (nSPS) is 44.1. The van der Waals surface area contributed by atoms with Crippen LogP contribution >= 0.6 is 0 Å². The van der Waals surface area contributed by atoms with Crippen LogP contribution in [0.4, 0.5) is 0 Å². The van der Waals surface area contributed by atoms with E-state index in [1.807, 2.05) is 32.1 Å². The summed E-state index contributed by atoms with van der Waals surface area (Å²) < 4.78 is 63.7. The van der Waals surface area contributed by atoms with Crippen LogP contribution in [0.3, 0.4) is 0 Å². The van der Waals surface area contributed by atoms with E-state index in [-0.39, 0.29) is 42.7 Å². The van der Waals surface area contributed by atoms with Crippen LogP contribution in [0.1, 0.15) is 133 Å². The lowest BCUT2D eigenvalue weighted by molar-refractivity contribution is -0.318. The van der Waals surface area contributed by atoms with Gasteiger partial charge in [-0.3, -0.25) is 9.59 Å². The highest BCUT2D eigenvalue weighted by Crippen LogP contribution is 2.47. The second-order valence-electron chi connectivity index (χ2n) is 22.2. The minimum Gasteiger partial charge on any atom is -0.462 e. The van der Waals surface area contributed by atoms with Gasteiger partial charge in [0.25, 0.3) is 0 Å². The highest BCUT2D eigenvalue weighted by molar-refractivity contribution is 5.98. The molecule has 4 saturated heterocycles. The van der Waals surface area contributed by atoms with Gasteiger partial charge in [0.2, 0.25) is 0 Å². The summed E-state index contributed by atoms with van der Waals surface area (Å²) in [5.74, 6) is -2.21. The highest BCUT2D eigenvalue weighted by Gasteiger charge is 2.60. The molecule has 0 unspecified atom stereocenters. The van der Waals surface area contributed by atoms with Crippen LogP contribution in [-0.2, 0) is 57.0 Å². The van der Waals surface area contributed by atoms with Crippen molar-refractivity contribution in [3.8, 4) is 0 Å². The zero-order chi connectivity index (χ0) is 53.6. The van der Waals surface area contributed by atoms with Crippen LogP contribution in [0, 0.1) is 23.7 Å². The molecule has 3 N–H and O–H groups in total. The van der Waals surface area contributed by atoms with Gasteiger partial charge in [0, 0.05) is 58.2 Å². The Bertz CT molecular complexity index is 2160. The Morgan fingerprint density at radius 1 is 0.851 bits per heavy atom. The standard InChI is InChI=1S/C48H72O14.C11H16O/c1-11-25(2)43-28(5)17-18-47(62-43)23-34-20-33(61-47)16-15-27(4)42(26(3)13-12-14-32-24-55-45-40(49)29(6)19-35(46(51)58-34)48(32,45)52)59-39-22-37(54-10)44(31(8)57-39)60-38-21-36(53-9)41(50)30(7)56-38;1-3-4-5-6-10-9(2)7-8-11(10)12/h12-15,17-19,25-26,28,30-31,33-45,49-50,52H,11,16,20-24H2,1-10H3;4-5H,3,6-8H2,1-2H3/b13-12+,27-15+,32-14+;5-4-/t25-,26-,28-,30-,31-,33+,34-,35-,36-,37-,38-,39-,40+,41-,42-,43+,44-,45+,47+,48+;/m0./s1. The fourth-order valence-corrected chi connectivity index (χ4v) is 12.1. The summed E-state index contributed by atoms with van der Waals surface area (Å²) in [6.45, 7) is 20.3. The molecule has 0 aromatic heterocycles. The lowest BCUT2D eigenvalue weighted by Crippen LogP contribution is -2.58. The number of ketones is 1. The molecule has 2 aliphatic carbocycles. The Labute approximate surface area is 440 Å². The van der Waals surface area contributed by atoms with Crippen LogP contribution in [-0.4, -0.2) is 145 Å². The van der Waals surface area contributed by atoms with E-state index in [0.29, 0.717) is 49.0 Å². The molecule has 1 spiro atoms. The molecule has 0 radical (unpaired) electrons. The maximum absolute atomic E-state index is 14.3. The van der Waals surface area contributed by atoms with Crippen LogP contribution in [0.15, 0.2) is 82.5 Å². The van der Waals surface area contributed by atoms with Gasteiger partial charge in [-0.15, -0.1) is 0 Å². The number of carbonyl (C=O) groups is 2. The molecule has 0 aromatic rings. The summed E-state index contributed by atoms with van der Waals surface area (Å²) in [5.41, 5.74) is 2.48. The van der Waals surface area contributed by atoms with Crippen molar-refractivity contribution in [1.29, 1.82) is 0 Å². The monoisotopic (exact) mass is 1040 g/mol. The fourth-order valence-electron chi connectivity index (χ4n) is 12.1. The second-order valence-corrected chi connectivity index (χ2v) is 22.2. The number of fused-ring (bicyclic) bond motifs is 2. The number of carbonyl (C=O) groups excluding carboxylic acids is 2. The quantitative estimate of drug-likeness (QED) is 0.132. The Morgan fingerprint density at radius 2 is 1.57 bits per heavy atom. The van der Waals surface area contributed by atoms with Crippen LogP contribution in [0.25, 0.3) is 0 Å². The molecule has 20 atom stereocenters. The molecule has 0 amide bonds. The van der Waals surface area contributed by atoms with Crippen molar-refractivity contribution in [2.24, 2.45) is 23.7 Å². The number of allylic oxidation sites excluding steroid dienone is 6. The first-order valence-electron chi connectivity index (χ1n) is 27.5. The first-order chi connectivity index (χ1) is 35.3. The number of hydrogen-bond acceptors (Lipinski definition) is 15. The van der Waals surface area contributed by atoms with E-state index in [1.165, 1.54) is 5.57 Å². The molecule has 0 saturated carbocycles. The molecule has 8 aliphatic rings. The number of methoxy groups -OCH3 is 2. The van der Waals surface area contributed by atoms with Crippen LogP contribution in [0.2, 0.25) is 0 Å². The predicted octanol–water partition coefficient (Wildman–Crippen LogP) is 8.40. The number of aliphatic hydroxyl groups is 3. The first-order valence-corrected chi connectivity index (χ1v) is 27.5. The maximum atomic E-state index is 14.3. The molecule has 8 rings (SSSR count). The number of rotatable bonds is 11. The van der Waals surface area contributed by atoms with Gasteiger partial charge in [0.1, 0.15) is 42.0 Å². The summed E-state index contributed by atoms with van der Waals surface area (Å²) in [5, 5.41) is 34.2. The van der Waals surface area contributed by atoms with Crippen molar-refractivity contribution < 1.29 is 72.3 Å². The third-order valence-electron chi connectivity index (χ3n) is 16.8. The van der Waals surface area contributed by atoms with Crippen molar-refractivity contribution in [3.63, 3.8) is 0 Å². The van der Waals surface area contributed by atoms with Crippen molar-refractivity contribution >= 4 is 11.8 Å². The lowest BCUT2D eigenvalue weighted by atomic mass is 9.71. The van der Waals surface area contributed by atoms with Crippen molar-refractivity contribution in [2.75, 3.05) is 20.8 Å². The van der Waals surface area contributed by atoms with Gasteiger partial charge in [-0.2, -0.15) is 0 Å². The molecule has 6 heterocycles. The Hall–Kier alpha value is -3.16. The van der Waals surface area contributed by atoms with Gasteiger partial charge in [-0.1, -0.05) is 95.2 Å². The molecule has 6 aliphatic heterocycles. The molecular weight excluding hydrogens is 949 g/mol. The summed E-state index contributed by atoms with van der Waals surface area (Å²) in [4.78, 5) is 25.6. The van der Waals surface area contributed by atoms with E-state index in [0.717, 1.165) is 43.3 Å². The largest absolute Gasteiger partial charge is 0.462 e. The van der Waals surface area contributed by atoms with Gasteiger partial charge < -0.3 is 62.7 Å². The van der Waals surface area contributed by atoms with E-state index in [4.69, 9.17) is 47.4 Å². The minimum atomic E-state index is -1.84. The zero-order valence-corrected chi connectivity index (χ0v) is 46.1. The van der Waals surface area contributed by atoms with Gasteiger partial charge in [-0.25, -0.2) is 0 Å². The maximum Gasteiger partial charge on any atom is 0.316 e. The average Bonchev–Trinajstić information content (AvgIpc) is 3.89. The van der Waals surface area contributed by atoms with Gasteiger partial charge in [-0.05, 0) is 94.6 Å². The van der Waals surface area contributed by atoms with E-state index >= 15 is 0 Å². The molecule has 15 nitrogen and oxygen atoms in total. The van der Waals surface area contributed by atoms with E-state index in [1.54, 1.807) is 40.2 Å². The van der Waals surface area contributed by atoms with E-state index in [2.05, 4.69) is 65.8 Å². The first kappa shape index (κ1) is 58.5. The van der Waals surface area contributed by atoms with Crippen molar-refractivity contribution in [3.05, 3.63) is 82.5 Å². The Balaban J connectivity index is 0.000000586. The smallest absolute Gasteiger partial charge is 0.316 e. The third kappa shape index (κ3) is 13.0. The number of aliphatic hydroxyl groups excluding tert-OH is 2. The molecule has 2 bridgehead atoms. The summed E-state index contributed by atoms with van der Waals surface area (Å²) in [6, 6.07) is 0. The van der Waals surface area contributed by atoms with Crippen molar-refractivity contribution in [2.45, 2.75) is 231 Å². The lowest BCUT2D eigenvalue weighted by Gasteiger charge is -2.48. The predicted molar refractivity (Wildman–Crippen MR) is 278 cm³/mol. The zero-order valence-electron chi connectivity index (χ0n) is 46.1. The SMILES string of the molecule is CC/C=C\CC1=C(C)CCC1=O.CC[C@H](C)[C@H]1O[C@]2(C=C[C@@H]1C)C[C@@H]1C[C@@H](C/C=C(\C)[C@@H](O[C@H]3C[C@H](OC)[C@@H](O[C@H]4C[C@H](OC)[C@@H](O)[C@H](C)O4)[C@H](C)O3)[C@@H](C)/C=C/C=C3\CO[C@@H]4[C@H](O)C(C)=C[C@@H](C(=O)O1)[C@]34O)O2. The number of esters is 1. The minimum absolute atomic E-state index is 0.0317. The highest BCUT2D eigenvalue weighted by atomic mass is 16.7. The third-order valence-corrected chi connectivity index (χ3v) is 16.8.